The lowest BCUT2D eigenvalue weighted by atomic mass is 10.2. The molecule has 132 valence electrons. The van der Waals surface area contributed by atoms with E-state index in [2.05, 4.69) is 15.1 Å². The van der Waals surface area contributed by atoms with Gasteiger partial charge in [0.15, 0.2) is 0 Å². The summed E-state index contributed by atoms with van der Waals surface area (Å²) in [5, 5.41) is 12.1. The summed E-state index contributed by atoms with van der Waals surface area (Å²) in [6.07, 6.45) is 0.385. The van der Waals surface area contributed by atoms with Crippen molar-refractivity contribution in [3.05, 3.63) is 54.3 Å². The summed E-state index contributed by atoms with van der Waals surface area (Å²) >= 11 is 0. The van der Waals surface area contributed by atoms with E-state index >= 15 is 0 Å². The lowest BCUT2D eigenvalue weighted by Crippen LogP contribution is -2.47. The van der Waals surface area contributed by atoms with Crippen LogP contribution in [0.4, 0.5) is 15.8 Å². The minimum atomic E-state index is -0.358. The molecule has 0 saturated carbocycles. The van der Waals surface area contributed by atoms with Crippen molar-refractivity contribution in [2.24, 2.45) is 0 Å². The minimum Gasteiger partial charge on any atom is -0.508 e. The van der Waals surface area contributed by atoms with Crippen molar-refractivity contribution in [1.29, 1.82) is 0 Å². The van der Waals surface area contributed by atoms with E-state index in [0.29, 0.717) is 18.7 Å². The Morgan fingerprint density at radius 2 is 1.80 bits per heavy atom. The van der Waals surface area contributed by atoms with Gasteiger partial charge in [-0.25, -0.2) is 4.39 Å². The van der Waals surface area contributed by atoms with Crippen molar-refractivity contribution in [1.82, 2.24) is 4.90 Å². The molecule has 1 heterocycles. The van der Waals surface area contributed by atoms with Crippen LogP contribution in [-0.2, 0) is 4.79 Å². The highest BCUT2D eigenvalue weighted by Crippen LogP contribution is 2.19. The van der Waals surface area contributed by atoms with E-state index in [0.717, 1.165) is 31.9 Å². The van der Waals surface area contributed by atoms with Crippen LogP contribution in [0.1, 0.15) is 6.42 Å². The number of halogens is 1. The van der Waals surface area contributed by atoms with Crippen LogP contribution in [0.3, 0.4) is 0 Å². The highest BCUT2D eigenvalue weighted by Gasteiger charge is 2.17. The quantitative estimate of drug-likeness (QED) is 0.876. The van der Waals surface area contributed by atoms with E-state index in [9.17, 15) is 14.3 Å². The van der Waals surface area contributed by atoms with Crippen molar-refractivity contribution in [3.63, 3.8) is 0 Å². The normalized spacial score (nSPS) is 15.2. The number of anilines is 2. The molecule has 1 saturated heterocycles. The number of nitrogens with one attached hydrogen (secondary N) is 1. The third-order valence-electron chi connectivity index (χ3n) is 4.35. The van der Waals surface area contributed by atoms with Crippen molar-refractivity contribution >= 4 is 17.3 Å². The number of benzene rings is 2. The first-order valence-corrected chi connectivity index (χ1v) is 8.42. The summed E-state index contributed by atoms with van der Waals surface area (Å²) in [6, 6.07) is 13.1. The summed E-state index contributed by atoms with van der Waals surface area (Å²) in [6.45, 7) is 4.22. The fraction of sp³-hybridized carbons (Fsp3) is 0.316. The topological polar surface area (TPSA) is 55.8 Å². The van der Waals surface area contributed by atoms with Crippen LogP contribution in [0.15, 0.2) is 48.5 Å². The molecule has 1 aliphatic heterocycles. The number of piperazine rings is 1. The Labute approximate surface area is 146 Å². The molecule has 0 bridgehead atoms. The predicted molar refractivity (Wildman–Crippen MR) is 96.4 cm³/mol. The van der Waals surface area contributed by atoms with Crippen molar-refractivity contribution in [3.8, 4) is 5.75 Å². The number of carbonyl (C=O) groups is 1. The van der Waals surface area contributed by atoms with Crippen LogP contribution in [0, 0.1) is 5.82 Å². The number of nitrogens with zero attached hydrogens (tertiary/aromatic N) is 2. The van der Waals surface area contributed by atoms with E-state index in [4.69, 9.17) is 0 Å². The molecule has 3 rings (SSSR count). The Morgan fingerprint density at radius 1 is 1.08 bits per heavy atom. The summed E-state index contributed by atoms with van der Waals surface area (Å²) in [5.41, 5.74) is 1.59. The number of phenolic OH excluding ortho intramolecular Hbond substituents is 1. The molecule has 0 unspecified atom stereocenters. The molecule has 0 aromatic heterocycles. The first-order valence-electron chi connectivity index (χ1n) is 8.42. The van der Waals surface area contributed by atoms with Gasteiger partial charge in [-0.3, -0.25) is 9.69 Å². The van der Waals surface area contributed by atoms with Gasteiger partial charge < -0.3 is 15.3 Å². The van der Waals surface area contributed by atoms with E-state index < -0.39 is 0 Å². The van der Waals surface area contributed by atoms with Crippen molar-refractivity contribution in [2.45, 2.75) is 6.42 Å². The van der Waals surface area contributed by atoms with Gasteiger partial charge in [0.25, 0.3) is 0 Å². The second-order valence-corrected chi connectivity index (χ2v) is 6.15. The number of rotatable bonds is 5. The predicted octanol–water partition coefficient (Wildman–Crippen LogP) is 2.68. The monoisotopic (exact) mass is 343 g/mol. The molecular formula is C19H22FN3O2. The number of carbonyl (C=O) groups excluding carboxylic acids is 1. The maximum absolute atomic E-state index is 13.1. The van der Waals surface area contributed by atoms with Gasteiger partial charge in [0, 0.05) is 50.5 Å². The second-order valence-electron chi connectivity index (χ2n) is 6.15. The van der Waals surface area contributed by atoms with Crippen molar-refractivity contribution < 1.29 is 14.3 Å². The van der Waals surface area contributed by atoms with E-state index in [1.165, 1.54) is 12.1 Å². The number of amides is 1. The van der Waals surface area contributed by atoms with Gasteiger partial charge in [-0.15, -0.1) is 0 Å². The molecule has 0 atom stereocenters. The molecule has 1 aliphatic rings. The Balaban J connectivity index is 1.41. The van der Waals surface area contributed by atoms with Crippen LogP contribution in [0.5, 0.6) is 5.75 Å². The molecule has 2 aromatic carbocycles. The highest BCUT2D eigenvalue weighted by atomic mass is 19.1. The Morgan fingerprint density at radius 3 is 2.48 bits per heavy atom. The lowest BCUT2D eigenvalue weighted by molar-refractivity contribution is -0.116. The molecule has 1 fully saturated rings. The summed E-state index contributed by atoms with van der Waals surface area (Å²) in [5.74, 6) is -0.193. The SMILES string of the molecule is O=C(CCN1CCN(c2ccc(O)cc2)CC1)Nc1cccc(F)c1. The Kier molecular flexibility index (Phi) is 5.50. The Hall–Kier alpha value is -2.60. The zero-order valence-electron chi connectivity index (χ0n) is 14.0. The van der Waals surface area contributed by atoms with Gasteiger partial charge in [0.2, 0.25) is 5.91 Å². The zero-order valence-corrected chi connectivity index (χ0v) is 14.0. The third kappa shape index (κ3) is 4.93. The maximum Gasteiger partial charge on any atom is 0.225 e. The fourth-order valence-corrected chi connectivity index (χ4v) is 2.94. The number of hydrogen-bond donors (Lipinski definition) is 2. The number of aromatic hydroxyl groups is 1. The van der Waals surface area contributed by atoms with Crippen molar-refractivity contribution in [2.75, 3.05) is 42.9 Å². The molecular weight excluding hydrogens is 321 g/mol. The molecule has 6 heteroatoms. The molecule has 5 nitrogen and oxygen atoms in total. The number of phenols is 1. The highest BCUT2D eigenvalue weighted by molar-refractivity contribution is 5.90. The largest absolute Gasteiger partial charge is 0.508 e. The van der Waals surface area contributed by atoms with Crippen LogP contribution in [0.25, 0.3) is 0 Å². The van der Waals surface area contributed by atoms with Gasteiger partial charge in [0.1, 0.15) is 11.6 Å². The minimum absolute atomic E-state index is 0.105. The van der Waals surface area contributed by atoms with Gasteiger partial charge in [-0.1, -0.05) is 6.07 Å². The van der Waals surface area contributed by atoms with Gasteiger partial charge in [-0.05, 0) is 42.5 Å². The molecule has 1 amide bonds. The summed E-state index contributed by atoms with van der Waals surface area (Å²) < 4.78 is 13.1. The van der Waals surface area contributed by atoms with Crippen LogP contribution < -0.4 is 10.2 Å². The van der Waals surface area contributed by atoms with Crippen LogP contribution in [-0.4, -0.2) is 48.6 Å². The van der Waals surface area contributed by atoms with E-state index in [1.54, 1.807) is 24.3 Å². The molecule has 2 aromatic rings. The van der Waals surface area contributed by atoms with Crippen LogP contribution in [0.2, 0.25) is 0 Å². The molecule has 2 N–H and O–H groups in total. The van der Waals surface area contributed by atoms with Gasteiger partial charge in [0.05, 0.1) is 0 Å². The lowest BCUT2D eigenvalue weighted by Gasteiger charge is -2.36. The van der Waals surface area contributed by atoms with Gasteiger partial charge in [-0.2, -0.15) is 0 Å². The zero-order chi connectivity index (χ0) is 17.6. The smallest absolute Gasteiger partial charge is 0.225 e. The average molecular weight is 343 g/mol. The summed E-state index contributed by atoms with van der Waals surface area (Å²) in [7, 11) is 0. The summed E-state index contributed by atoms with van der Waals surface area (Å²) in [4.78, 5) is 16.5. The molecule has 0 spiro atoms. The first-order chi connectivity index (χ1) is 12.1. The van der Waals surface area contributed by atoms with E-state index in [1.807, 2.05) is 12.1 Å². The third-order valence-corrected chi connectivity index (χ3v) is 4.35. The molecule has 0 radical (unpaired) electrons. The van der Waals surface area contributed by atoms with E-state index in [-0.39, 0.29) is 17.5 Å². The molecule has 25 heavy (non-hydrogen) atoms. The van der Waals surface area contributed by atoms with Gasteiger partial charge >= 0.3 is 0 Å². The fourth-order valence-electron chi connectivity index (χ4n) is 2.94. The second kappa shape index (κ2) is 7.98. The first kappa shape index (κ1) is 17.2. The maximum atomic E-state index is 13.1. The molecule has 0 aliphatic carbocycles. The Bertz CT molecular complexity index is 713. The average Bonchev–Trinajstić information content (AvgIpc) is 2.61. The standard InChI is InChI=1S/C19H22FN3O2/c20-15-2-1-3-16(14-15)21-19(25)8-9-22-10-12-23(13-11-22)17-4-6-18(24)7-5-17/h1-7,14,24H,8-13H2,(H,21,25). The van der Waals surface area contributed by atoms with Crippen LogP contribution >= 0.6 is 0 Å². The number of hydrogen-bond acceptors (Lipinski definition) is 4.